The van der Waals surface area contributed by atoms with Crippen LogP contribution >= 0.6 is 23.5 Å². The second-order valence-corrected chi connectivity index (χ2v) is 7.44. The normalized spacial score (nSPS) is 14.3. The van der Waals surface area contributed by atoms with E-state index in [1.807, 2.05) is 62.4 Å². The molecule has 0 fully saturated rings. The third-order valence-electron chi connectivity index (χ3n) is 3.33. The highest BCUT2D eigenvalue weighted by atomic mass is 32.2. The molecule has 0 aliphatic carbocycles. The molecule has 0 aromatic heterocycles. The summed E-state index contributed by atoms with van der Waals surface area (Å²) in [5.41, 5.74) is 2.31. The lowest BCUT2D eigenvalue weighted by molar-refractivity contribution is -0.123. The number of amides is 2. The Labute approximate surface area is 143 Å². The maximum Gasteiger partial charge on any atom is 0.266 e. The molecular weight excluding hydrogens is 326 g/mol. The molecule has 116 valence electrons. The molecule has 23 heavy (non-hydrogen) atoms. The standard InChI is InChI=1S/C18H15NO2S2/c1-11-3-7-13(8-4-11)22-15-16(18(21)19-17(15)20)23-14-9-5-12(2)6-10-14/h3-10H,1-2H3,(H,19,20,21). The second-order valence-electron chi connectivity index (χ2n) is 5.27. The number of carbonyl (C=O) groups excluding carboxylic acids is 2. The fourth-order valence-electron chi connectivity index (χ4n) is 2.06. The van der Waals surface area contributed by atoms with Gasteiger partial charge in [0.2, 0.25) is 0 Å². The zero-order valence-electron chi connectivity index (χ0n) is 12.8. The van der Waals surface area contributed by atoms with Crippen LogP contribution in [0.25, 0.3) is 0 Å². The number of carbonyl (C=O) groups is 2. The van der Waals surface area contributed by atoms with E-state index < -0.39 is 0 Å². The number of benzene rings is 2. The topological polar surface area (TPSA) is 46.2 Å². The van der Waals surface area contributed by atoms with E-state index in [-0.39, 0.29) is 11.8 Å². The van der Waals surface area contributed by atoms with Crippen LogP contribution in [0.3, 0.4) is 0 Å². The number of imide groups is 1. The average Bonchev–Trinajstić information content (AvgIpc) is 2.78. The molecule has 3 rings (SSSR count). The first kappa shape index (κ1) is 15.9. The summed E-state index contributed by atoms with van der Waals surface area (Å²) in [5, 5.41) is 2.39. The molecule has 0 spiro atoms. The summed E-state index contributed by atoms with van der Waals surface area (Å²) < 4.78 is 0. The van der Waals surface area contributed by atoms with Crippen molar-refractivity contribution in [2.45, 2.75) is 23.6 Å². The van der Waals surface area contributed by atoms with E-state index in [0.29, 0.717) is 9.81 Å². The molecule has 1 aliphatic heterocycles. The number of hydrogen-bond donors (Lipinski definition) is 1. The molecule has 5 heteroatoms. The van der Waals surface area contributed by atoms with Crippen molar-refractivity contribution >= 4 is 35.3 Å². The van der Waals surface area contributed by atoms with Gasteiger partial charge in [0, 0.05) is 9.79 Å². The minimum Gasteiger partial charge on any atom is -0.287 e. The molecule has 2 amide bonds. The Morgan fingerprint density at radius 2 is 1.00 bits per heavy atom. The van der Waals surface area contributed by atoms with Gasteiger partial charge in [0.15, 0.2) is 0 Å². The van der Waals surface area contributed by atoms with Crippen molar-refractivity contribution in [3.05, 3.63) is 69.5 Å². The van der Waals surface area contributed by atoms with Gasteiger partial charge >= 0.3 is 0 Å². The van der Waals surface area contributed by atoms with Gasteiger partial charge in [-0.2, -0.15) is 0 Å². The van der Waals surface area contributed by atoms with Gasteiger partial charge in [-0.25, -0.2) is 0 Å². The first-order valence-electron chi connectivity index (χ1n) is 7.12. The molecule has 0 saturated heterocycles. The zero-order chi connectivity index (χ0) is 16.4. The van der Waals surface area contributed by atoms with Crippen molar-refractivity contribution in [2.24, 2.45) is 0 Å². The summed E-state index contributed by atoms with van der Waals surface area (Å²) in [7, 11) is 0. The van der Waals surface area contributed by atoms with E-state index in [2.05, 4.69) is 5.32 Å². The molecule has 1 N–H and O–H groups in total. The number of thioether (sulfide) groups is 2. The summed E-state index contributed by atoms with van der Waals surface area (Å²) in [4.78, 5) is 27.0. The zero-order valence-corrected chi connectivity index (χ0v) is 14.4. The molecular formula is C18H15NO2S2. The maximum atomic E-state index is 12.1. The molecule has 2 aromatic carbocycles. The molecule has 0 saturated carbocycles. The number of hydrogen-bond acceptors (Lipinski definition) is 4. The summed E-state index contributed by atoms with van der Waals surface area (Å²) in [5.74, 6) is -0.648. The Balaban J connectivity index is 1.90. The number of nitrogens with one attached hydrogen (secondary N) is 1. The van der Waals surface area contributed by atoms with Gasteiger partial charge in [0.25, 0.3) is 11.8 Å². The predicted octanol–water partition coefficient (Wildman–Crippen LogP) is 4.06. The van der Waals surface area contributed by atoms with Crippen molar-refractivity contribution < 1.29 is 9.59 Å². The van der Waals surface area contributed by atoms with E-state index in [1.54, 1.807) is 0 Å². The van der Waals surface area contributed by atoms with Gasteiger partial charge in [-0.1, -0.05) is 58.9 Å². The molecule has 0 radical (unpaired) electrons. The average molecular weight is 341 g/mol. The van der Waals surface area contributed by atoms with Gasteiger partial charge in [-0.05, 0) is 38.1 Å². The molecule has 1 aliphatic rings. The fourth-order valence-corrected chi connectivity index (χ4v) is 3.98. The monoisotopic (exact) mass is 341 g/mol. The van der Waals surface area contributed by atoms with Crippen LogP contribution in [0.5, 0.6) is 0 Å². The Morgan fingerprint density at radius 3 is 1.35 bits per heavy atom. The van der Waals surface area contributed by atoms with Crippen LogP contribution in [0.4, 0.5) is 0 Å². The Morgan fingerprint density at radius 1 is 0.652 bits per heavy atom. The van der Waals surface area contributed by atoms with E-state index in [1.165, 1.54) is 23.5 Å². The van der Waals surface area contributed by atoms with E-state index in [4.69, 9.17) is 0 Å². The van der Waals surface area contributed by atoms with E-state index >= 15 is 0 Å². The van der Waals surface area contributed by atoms with Crippen LogP contribution in [0, 0.1) is 13.8 Å². The van der Waals surface area contributed by atoms with Gasteiger partial charge in [0.1, 0.15) is 0 Å². The highest BCUT2D eigenvalue weighted by molar-refractivity contribution is 8.08. The first-order chi connectivity index (χ1) is 11.0. The smallest absolute Gasteiger partial charge is 0.266 e. The Bertz CT molecular complexity index is 725. The first-order valence-corrected chi connectivity index (χ1v) is 8.75. The molecule has 3 nitrogen and oxygen atoms in total. The van der Waals surface area contributed by atoms with Crippen LogP contribution in [0.2, 0.25) is 0 Å². The molecule has 0 unspecified atom stereocenters. The lowest BCUT2D eigenvalue weighted by atomic mass is 10.2. The summed E-state index contributed by atoms with van der Waals surface area (Å²) >= 11 is 2.66. The second kappa shape index (κ2) is 6.64. The van der Waals surface area contributed by atoms with Gasteiger partial charge in [0.05, 0.1) is 9.81 Å². The van der Waals surface area contributed by atoms with Crippen LogP contribution in [0.15, 0.2) is 68.1 Å². The SMILES string of the molecule is Cc1ccc(SC2=C(Sc3ccc(C)cc3)C(=O)NC2=O)cc1. The van der Waals surface area contributed by atoms with Crippen molar-refractivity contribution in [1.29, 1.82) is 0 Å². The molecule has 1 heterocycles. The summed E-state index contributed by atoms with van der Waals surface area (Å²) in [6.45, 7) is 4.02. The van der Waals surface area contributed by atoms with Crippen molar-refractivity contribution in [1.82, 2.24) is 5.32 Å². The quantitative estimate of drug-likeness (QED) is 0.852. The third kappa shape index (κ3) is 3.68. The van der Waals surface area contributed by atoms with Crippen LogP contribution in [-0.2, 0) is 9.59 Å². The van der Waals surface area contributed by atoms with Crippen molar-refractivity contribution in [3.8, 4) is 0 Å². The molecule has 2 aromatic rings. The van der Waals surface area contributed by atoms with Gasteiger partial charge in [-0.3, -0.25) is 14.9 Å². The maximum absolute atomic E-state index is 12.1. The highest BCUT2D eigenvalue weighted by Gasteiger charge is 2.31. The van der Waals surface area contributed by atoms with E-state index in [0.717, 1.165) is 20.9 Å². The Hall–Kier alpha value is -1.98. The summed E-state index contributed by atoms with van der Waals surface area (Å²) in [6.07, 6.45) is 0. The Kier molecular flexibility index (Phi) is 4.59. The van der Waals surface area contributed by atoms with Gasteiger partial charge in [-0.15, -0.1) is 0 Å². The van der Waals surface area contributed by atoms with Crippen LogP contribution in [-0.4, -0.2) is 11.8 Å². The lowest BCUT2D eigenvalue weighted by Gasteiger charge is -2.05. The van der Waals surface area contributed by atoms with Crippen molar-refractivity contribution in [2.75, 3.05) is 0 Å². The van der Waals surface area contributed by atoms with Gasteiger partial charge < -0.3 is 0 Å². The minimum absolute atomic E-state index is 0.324. The highest BCUT2D eigenvalue weighted by Crippen LogP contribution is 2.39. The minimum atomic E-state index is -0.324. The van der Waals surface area contributed by atoms with Crippen molar-refractivity contribution in [3.63, 3.8) is 0 Å². The van der Waals surface area contributed by atoms with E-state index in [9.17, 15) is 9.59 Å². The third-order valence-corrected chi connectivity index (χ3v) is 5.66. The lowest BCUT2D eigenvalue weighted by Crippen LogP contribution is -2.22. The molecule has 0 atom stereocenters. The van der Waals surface area contributed by atoms with Crippen LogP contribution < -0.4 is 5.32 Å². The number of rotatable bonds is 4. The number of aryl methyl sites for hydroxylation is 2. The largest absolute Gasteiger partial charge is 0.287 e. The van der Waals surface area contributed by atoms with Crippen LogP contribution in [0.1, 0.15) is 11.1 Å². The fraction of sp³-hybridized carbons (Fsp3) is 0.111. The predicted molar refractivity (Wildman–Crippen MR) is 94.2 cm³/mol. The molecule has 0 bridgehead atoms. The summed E-state index contributed by atoms with van der Waals surface area (Å²) in [6, 6.07) is 15.8.